The van der Waals surface area contributed by atoms with Crippen LogP contribution >= 0.6 is 0 Å². The van der Waals surface area contributed by atoms with E-state index in [0.29, 0.717) is 5.69 Å². The van der Waals surface area contributed by atoms with Crippen molar-refractivity contribution in [3.05, 3.63) is 65.2 Å². The molecule has 0 aliphatic carbocycles. The zero-order chi connectivity index (χ0) is 17.7. The lowest BCUT2D eigenvalue weighted by Gasteiger charge is -2.05. The number of rotatable bonds is 4. The molecule has 0 saturated heterocycles. The molecular formula is C17H15N3O3S. The van der Waals surface area contributed by atoms with Crippen LogP contribution in [0.5, 0.6) is 0 Å². The minimum absolute atomic E-state index is 0.0591. The molecule has 0 fully saturated rings. The largest absolute Gasteiger partial charge is 0.321 e. The van der Waals surface area contributed by atoms with Gasteiger partial charge in [-0.1, -0.05) is 29.8 Å². The lowest BCUT2D eigenvalue weighted by molar-refractivity contribution is -0.112. The van der Waals surface area contributed by atoms with Crippen LogP contribution in [0, 0.1) is 18.3 Å². The predicted molar refractivity (Wildman–Crippen MR) is 91.2 cm³/mol. The average molecular weight is 341 g/mol. The first-order valence-electron chi connectivity index (χ1n) is 6.92. The maximum Gasteiger partial charge on any atom is 0.266 e. The Hall–Kier alpha value is -2.95. The molecule has 3 N–H and O–H groups in total. The Bertz CT molecular complexity index is 923. The van der Waals surface area contributed by atoms with Crippen molar-refractivity contribution >= 4 is 27.7 Å². The monoisotopic (exact) mass is 341 g/mol. The average Bonchev–Trinajstić information content (AvgIpc) is 2.54. The van der Waals surface area contributed by atoms with Gasteiger partial charge in [-0.3, -0.25) is 4.79 Å². The Kier molecular flexibility index (Phi) is 5.14. The van der Waals surface area contributed by atoms with E-state index in [1.165, 1.54) is 30.3 Å². The highest BCUT2D eigenvalue weighted by Crippen LogP contribution is 2.15. The van der Waals surface area contributed by atoms with E-state index >= 15 is 0 Å². The molecule has 0 heterocycles. The van der Waals surface area contributed by atoms with Crippen molar-refractivity contribution in [1.29, 1.82) is 5.26 Å². The van der Waals surface area contributed by atoms with Gasteiger partial charge in [0, 0.05) is 5.69 Å². The van der Waals surface area contributed by atoms with Crippen molar-refractivity contribution in [3.8, 4) is 6.07 Å². The topological polar surface area (TPSA) is 113 Å². The van der Waals surface area contributed by atoms with Crippen LogP contribution in [0.25, 0.3) is 6.08 Å². The maximum absolute atomic E-state index is 12.2. The molecule has 0 aliphatic heterocycles. The van der Waals surface area contributed by atoms with Crippen LogP contribution in [-0.2, 0) is 14.8 Å². The van der Waals surface area contributed by atoms with Gasteiger partial charge in [0.15, 0.2) is 0 Å². The summed E-state index contributed by atoms with van der Waals surface area (Å²) >= 11 is 0. The summed E-state index contributed by atoms with van der Waals surface area (Å²) in [5.41, 5.74) is 2.11. The summed E-state index contributed by atoms with van der Waals surface area (Å²) in [6.45, 7) is 1.94. The second-order valence-electron chi connectivity index (χ2n) is 5.10. The molecule has 0 unspecified atom stereocenters. The molecule has 122 valence electrons. The van der Waals surface area contributed by atoms with Crippen molar-refractivity contribution in [2.75, 3.05) is 5.32 Å². The van der Waals surface area contributed by atoms with Crippen molar-refractivity contribution in [2.24, 2.45) is 5.14 Å². The molecule has 0 atom stereocenters. The van der Waals surface area contributed by atoms with E-state index in [1.807, 2.05) is 25.1 Å². The third-order valence-electron chi connectivity index (χ3n) is 3.19. The number of primary sulfonamides is 1. The molecule has 2 aromatic rings. The maximum atomic E-state index is 12.2. The summed E-state index contributed by atoms with van der Waals surface area (Å²) in [5.74, 6) is -0.582. The summed E-state index contributed by atoms with van der Waals surface area (Å²) in [5, 5.41) is 16.7. The Morgan fingerprint density at radius 1 is 1.12 bits per heavy atom. The zero-order valence-electron chi connectivity index (χ0n) is 12.9. The van der Waals surface area contributed by atoms with Crippen molar-refractivity contribution < 1.29 is 13.2 Å². The summed E-state index contributed by atoms with van der Waals surface area (Å²) < 4.78 is 22.4. The molecule has 7 heteroatoms. The van der Waals surface area contributed by atoms with Crippen LogP contribution < -0.4 is 10.5 Å². The fourth-order valence-corrected chi connectivity index (χ4v) is 2.42. The Balaban J connectivity index is 2.18. The quantitative estimate of drug-likeness (QED) is 0.655. The number of amides is 1. The lowest BCUT2D eigenvalue weighted by Crippen LogP contribution is -2.14. The number of sulfonamides is 1. The van der Waals surface area contributed by atoms with Gasteiger partial charge in [-0.15, -0.1) is 0 Å². The first-order chi connectivity index (χ1) is 11.3. The van der Waals surface area contributed by atoms with Gasteiger partial charge in [-0.2, -0.15) is 5.26 Å². The third kappa shape index (κ3) is 4.52. The molecule has 0 radical (unpaired) electrons. The van der Waals surface area contributed by atoms with E-state index in [9.17, 15) is 13.2 Å². The number of nitriles is 1. The van der Waals surface area contributed by atoms with Crippen LogP contribution in [0.15, 0.2) is 59.0 Å². The molecule has 1 amide bonds. The van der Waals surface area contributed by atoms with Crippen molar-refractivity contribution in [1.82, 2.24) is 0 Å². The second kappa shape index (κ2) is 7.08. The van der Waals surface area contributed by atoms with E-state index in [0.717, 1.165) is 11.1 Å². The Morgan fingerprint density at radius 2 is 1.71 bits per heavy atom. The molecule has 0 aliphatic rings. The number of aryl methyl sites for hydroxylation is 1. The van der Waals surface area contributed by atoms with Crippen molar-refractivity contribution in [2.45, 2.75) is 11.8 Å². The Labute approximate surface area is 140 Å². The number of anilines is 1. The number of nitrogens with zero attached hydrogens (tertiary/aromatic N) is 1. The summed E-state index contributed by atoms with van der Waals surface area (Å²) in [4.78, 5) is 12.1. The van der Waals surface area contributed by atoms with Gasteiger partial charge >= 0.3 is 0 Å². The smallest absolute Gasteiger partial charge is 0.266 e. The second-order valence-corrected chi connectivity index (χ2v) is 6.67. The van der Waals surface area contributed by atoms with Gasteiger partial charge in [-0.05, 0) is 42.8 Å². The van der Waals surface area contributed by atoms with Crippen LogP contribution in [0.2, 0.25) is 0 Å². The van der Waals surface area contributed by atoms with E-state index in [4.69, 9.17) is 10.4 Å². The number of carbonyl (C=O) groups excluding carboxylic acids is 1. The van der Waals surface area contributed by atoms with E-state index in [-0.39, 0.29) is 10.5 Å². The van der Waals surface area contributed by atoms with Gasteiger partial charge in [0.25, 0.3) is 5.91 Å². The fourth-order valence-electron chi connectivity index (χ4n) is 1.90. The van der Waals surface area contributed by atoms with Crippen LogP contribution in [0.1, 0.15) is 11.1 Å². The third-order valence-corrected chi connectivity index (χ3v) is 4.12. The molecule has 0 spiro atoms. The fraction of sp³-hybridized carbons (Fsp3) is 0.0588. The number of benzene rings is 2. The zero-order valence-corrected chi connectivity index (χ0v) is 13.7. The van der Waals surface area contributed by atoms with Crippen LogP contribution in [0.4, 0.5) is 5.69 Å². The first-order valence-corrected chi connectivity index (χ1v) is 8.47. The van der Waals surface area contributed by atoms with E-state index in [2.05, 4.69) is 5.32 Å². The lowest BCUT2D eigenvalue weighted by atomic mass is 10.1. The SMILES string of the molecule is Cc1ccc(/C=C(\C#N)C(=O)Nc2ccc(S(N)(=O)=O)cc2)cc1. The van der Waals surface area contributed by atoms with Gasteiger partial charge in [-0.25, -0.2) is 13.6 Å². The minimum atomic E-state index is -3.79. The minimum Gasteiger partial charge on any atom is -0.321 e. The van der Waals surface area contributed by atoms with Crippen LogP contribution in [0.3, 0.4) is 0 Å². The number of hydrogen-bond donors (Lipinski definition) is 2. The number of nitrogens with one attached hydrogen (secondary N) is 1. The van der Waals surface area contributed by atoms with Gasteiger partial charge < -0.3 is 5.32 Å². The highest BCUT2D eigenvalue weighted by atomic mass is 32.2. The molecule has 2 aromatic carbocycles. The van der Waals surface area contributed by atoms with E-state index < -0.39 is 15.9 Å². The molecule has 0 bridgehead atoms. The van der Waals surface area contributed by atoms with Gasteiger partial charge in [0.2, 0.25) is 10.0 Å². The van der Waals surface area contributed by atoms with Crippen LogP contribution in [-0.4, -0.2) is 14.3 Å². The predicted octanol–water partition coefficient (Wildman–Crippen LogP) is 2.19. The summed E-state index contributed by atoms with van der Waals surface area (Å²) in [6, 6.07) is 14.6. The molecular weight excluding hydrogens is 326 g/mol. The molecule has 6 nitrogen and oxygen atoms in total. The molecule has 2 rings (SSSR count). The number of nitrogens with two attached hydrogens (primary N) is 1. The summed E-state index contributed by atoms with van der Waals surface area (Å²) in [7, 11) is -3.79. The van der Waals surface area contributed by atoms with Gasteiger partial charge in [0.1, 0.15) is 11.6 Å². The highest BCUT2D eigenvalue weighted by Gasteiger charge is 2.11. The number of carbonyl (C=O) groups is 1. The molecule has 0 saturated carbocycles. The van der Waals surface area contributed by atoms with Gasteiger partial charge in [0.05, 0.1) is 4.90 Å². The highest BCUT2D eigenvalue weighted by molar-refractivity contribution is 7.89. The van der Waals surface area contributed by atoms with Crippen molar-refractivity contribution in [3.63, 3.8) is 0 Å². The van der Waals surface area contributed by atoms with E-state index in [1.54, 1.807) is 12.1 Å². The Morgan fingerprint density at radius 3 is 2.21 bits per heavy atom. The summed E-state index contributed by atoms with van der Waals surface area (Å²) in [6.07, 6.45) is 1.48. The molecule has 0 aromatic heterocycles. The first kappa shape index (κ1) is 17.4. The molecule has 24 heavy (non-hydrogen) atoms. The normalized spacial score (nSPS) is 11.6. The number of hydrogen-bond acceptors (Lipinski definition) is 4. The standard InChI is InChI=1S/C17H15N3O3S/c1-12-2-4-13(5-3-12)10-14(11-18)17(21)20-15-6-8-16(9-7-15)24(19,22)23/h2-10H,1H3,(H,20,21)(H2,19,22,23)/b14-10+.